The Morgan fingerprint density at radius 3 is 2.25 bits per heavy atom. The molecular formula is C12H11NO2S. The summed E-state index contributed by atoms with van der Waals surface area (Å²) in [6, 6.07) is 14.2. The molecule has 0 bridgehead atoms. The summed E-state index contributed by atoms with van der Waals surface area (Å²) in [7, 11) is 0. The molecule has 0 aliphatic rings. The summed E-state index contributed by atoms with van der Waals surface area (Å²) < 4.78 is 20.3. The first-order valence-corrected chi connectivity index (χ1v) is 5.85. The van der Waals surface area contributed by atoms with Crippen LogP contribution in [0.5, 0.6) is 0 Å². The van der Waals surface area contributed by atoms with E-state index in [1.807, 2.05) is 24.3 Å². The maximum atomic E-state index is 11.1. The Labute approximate surface area is 96.2 Å². The van der Waals surface area contributed by atoms with Crippen LogP contribution in [0, 0.1) is 0 Å². The second-order valence-corrected chi connectivity index (χ2v) is 4.31. The first-order valence-electron chi connectivity index (χ1n) is 4.74. The maximum Gasteiger partial charge on any atom is 0.187 e. The minimum absolute atomic E-state index is 0.410. The summed E-state index contributed by atoms with van der Waals surface area (Å²) in [6.07, 6.45) is 0. The predicted molar refractivity (Wildman–Crippen MR) is 65.3 cm³/mol. The highest BCUT2D eigenvalue weighted by Gasteiger charge is 2.08. The third-order valence-corrected chi connectivity index (χ3v) is 3.03. The summed E-state index contributed by atoms with van der Waals surface area (Å²) in [6.45, 7) is 0. The molecule has 0 heterocycles. The van der Waals surface area contributed by atoms with Crippen LogP contribution in [-0.4, -0.2) is 8.76 Å². The Balaban J connectivity index is 2.55. The summed E-state index contributed by atoms with van der Waals surface area (Å²) in [5, 5.41) is 0. The standard InChI is InChI=1S/C12H11NO2S/c13-10-7-5-9(6-8-10)11-3-1-2-4-12(11)16(14)15/h1-8H,13H2,(H,14,15). The monoisotopic (exact) mass is 233 g/mol. The molecule has 2 aromatic rings. The van der Waals surface area contributed by atoms with Gasteiger partial charge in [0.05, 0.1) is 4.90 Å². The molecule has 0 saturated heterocycles. The Kier molecular flexibility index (Phi) is 3.03. The van der Waals surface area contributed by atoms with E-state index < -0.39 is 11.1 Å². The molecule has 0 radical (unpaired) electrons. The van der Waals surface area contributed by atoms with E-state index in [1.165, 1.54) is 0 Å². The highest BCUT2D eigenvalue weighted by molar-refractivity contribution is 7.79. The Morgan fingerprint density at radius 1 is 1.00 bits per heavy atom. The molecule has 1 atom stereocenters. The molecule has 16 heavy (non-hydrogen) atoms. The lowest BCUT2D eigenvalue weighted by molar-refractivity contribution is 0.564. The van der Waals surface area contributed by atoms with Crippen LogP contribution in [0.1, 0.15) is 0 Å². The van der Waals surface area contributed by atoms with Crippen LogP contribution < -0.4 is 5.73 Å². The molecule has 0 aliphatic heterocycles. The van der Waals surface area contributed by atoms with Gasteiger partial charge in [0.2, 0.25) is 0 Å². The summed E-state index contributed by atoms with van der Waals surface area (Å²) in [4.78, 5) is 0.410. The van der Waals surface area contributed by atoms with Crippen LogP contribution in [0.15, 0.2) is 53.4 Å². The zero-order valence-electron chi connectivity index (χ0n) is 8.46. The van der Waals surface area contributed by atoms with Gasteiger partial charge in [-0.1, -0.05) is 30.3 Å². The average Bonchev–Trinajstić information content (AvgIpc) is 2.30. The van der Waals surface area contributed by atoms with Crippen molar-refractivity contribution < 1.29 is 8.76 Å². The van der Waals surface area contributed by atoms with Gasteiger partial charge in [-0.15, -0.1) is 0 Å². The van der Waals surface area contributed by atoms with Crippen LogP contribution in [0.25, 0.3) is 11.1 Å². The third-order valence-electron chi connectivity index (χ3n) is 2.30. The molecule has 0 fully saturated rings. The highest BCUT2D eigenvalue weighted by Crippen LogP contribution is 2.26. The van der Waals surface area contributed by atoms with Crippen molar-refractivity contribution >= 4 is 16.8 Å². The zero-order valence-corrected chi connectivity index (χ0v) is 9.28. The summed E-state index contributed by atoms with van der Waals surface area (Å²) in [5.74, 6) is 0. The fourth-order valence-electron chi connectivity index (χ4n) is 1.52. The van der Waals surface area contributed by atoms with Gasteiger partial charge in [-0.3, -0.25) is 0 Å². The quantitative estimate of drug-likeness (QED) is 0.619. The van der Waals surface area contributed by atoms with Crippen LogP contribution in [0.2, 0.25) is 0 Å². The molecule has 0 spiro atoms. The lowest BCUT2D eigenvalue weighted by Crippen LogP contribution is -1.92. The van der Waals surface area contributed by atoms with Crippen molar-refractivity contribution in [1.82, 2.24) is 0 Å². The van der Waals surface area contributed by atoms with Crippen molar-refractivity contribution in [2.75, 3.05) is 5.73 Å². The van der Waals surface area contributed by atoms with E-state index in [1.54, 1.807) is 24.3 Å². The van der Waals surface area contributed by atoms with Crippen LogP contribution in [0.3, 0.4) is 0 Å². The Bertz CT molecular complexity index is 523. The van der Waals surface area contributed by atoms with E-state index in [0.717, 1.165) is 11.1 Å². The topological polar surface area (TPSA) is 63.3 Å². The minimum atomic E-state index is -1.98. The fraction of sp³-hybridized carbons (Fsp3) is 0. The molecule has 0 saturated carbocycles. The van der Waals surface area contributed by atoms with Crippen molar-refractivity contribution in [3.05, 3.63) is 48.5 Å². The lowest BCUT2D eigenvalue weighted by atomic mass is 10.1. The van der Waals surface area contributed by atoms with Gasteiger partial charge in [0.25, 0.3) is 0 Å². The summed E-state index contributed by atoms with van der Waals surface area (Å²) >= 11 is -1.98. The smallest absolute Gasteiger partial charge is 0.187 e. The number of rotatable bonds is 2. The second kappa shape index (κ2) is 4.47. The van der Waals surface area contributed by atoms with Crippen molar-refractivity contribution in [2.24, 2.45) is 0 Å². The normalized spacial score (nSPS) is 12.3. The predicted octanol–water partition coefficient (Wildman–Crippen LogP) is 2.52. The molecular weight excluding hydrogens is 222 g/mol. The number of nitrogens with two attached hydrogens (primary N) is 1. The molecule has 0 aromatic heterocycles. The molecule has 3 N–H and O–H groups in total. The van der Waals surface area contributed by atoms with Gasteiger partial charge in [0.15, 0.2) is 11.1 Å². The molecule has 2 aromatic carbocycles. The molecule has 0 amide bonds. The van der Waals surface area contributed by atoms with Gasteiger partial charge < -0.3 is 10.3 Å². The lowest BCUT2D eigenvalue weighted by Gasteiger charge is -2.06. The largest absolute Gasteiger partial charge is 0.399 e. The minimum Gasteiger partial charge on any atom is -0.399 e. The van der Waals surface area contributed by atoms with Gasteiger partial charge in [-0.2, -0.15) is 0 Å². The first kappa shape index (κ1) is 10.9. The second-order valence-electron chi connectivity index (χ2n) is 3.37. The number of hydrogen-bond acceptors (Lipinski definition) is 2. The highest BCUT2D eigenvalue weighted by atomic mass is 32.2. The molecule has 2 rings (SSSR count). The maximum absolute atomic E-state index is 11.1. The van der Waals surface area contributed by atoms with E-state index in [0.29, 0.717) is 10.6 Å². The fourth-order valence-corrected chi connectivity index (χ4v) is 2.09. The van der Waals surface area contributed by atoms with Gasteiger partial charge in [-0.25, -0.2) is 4.21 Å². The molecule has 1 unspecified atom stereocenters. The van der Waals surface area contributed by atoms with E-state index in [9.17, 15) is 4.21 Å². The number of nitrogen functional groups attached to an aromatic ring is 1. The van der Waals surface area contributed by atoms with E-state index in [2.05, 4.69) is 0 Å². The Morgan fingerprint density at radius 2 is 1.62 bits per heavy atom. The molecule has 4 heteroatoms. The van der Waals surface area contributed by atoms with Gasteiger partial charge in [-0.05, 0) is 23.8 Å². The summed E-state index contributed by atoms with van der Waals surface area (Å²) in [5.41, 5.74) is 7.90. The van der Waals surface area contributed by atoms with Crippen molar-refractivity contribution in [3.8, 4) is 11.1 Å². The van der Waals surface area contributed by atoms with Crippen molar-refractivity contribution in [3.63, 3.8) is 0 Å². The van der Waals surface area contributed by atoms with Gasteiger partial charge in [0.1, 0.15) is 0 Å². The van der Waals surface area contributed by atoms with Crippen LogP contribution >= 0.6 is 0 Å². The van der Waals surface area contributed by atoms with Gasteiger partial charge in [0, 0.05) is 11.3 Å². The molecule has 82 valence electrons. The average molecular weight is 233 g/mol. The van der Waals surface area contributed by atoms with E-state index in [4.69, 9.17) is 10.3 Å². The third kappa shape index (κ3) is 2.13. The number of benzene rings is 2. The van der Waals surface area contributed by atoms with Crippen LogP contribution in [-0.2, 0) is 11.1 Å². The van der Waals surface area contributed by atoms with E-state index in [-0.39, 0.29) is 0 Å². The number of hydrogen-bond donors (Lipinski definition) is 2. The SMILES string of the molecule is Nc1ccc(-c2ccccc2S(=O)O)cc1. The molecule has 3 nitrogen and oxygen atoms in total. The van der Waals surface area contributed by atoms with Crippen molar-refractivity contribution in [1.29, 1.82) is 0 Å². The van der Waals surface area contributed by atoms with Gasteiger partial charge >= 0.3 is 0 Å². The van der Waals surface area contributed by atoms with Crippen LogP contribution in [0.4, 0.5) is 5.69 Å². The first-order chi connectivity index (χ1) is 7.68. The Hall–Kier alpha value is -1.65. The number of anilines is 1. The van der Waals surface area contributed by atoms with E-state index >= 15 is 0 Å². The molecule has 0 aliphatic carbocycles. The zero-order chi connectivity index (χ0) is 11.5. The van der Waals surface area contributed by atoms with Crippen molar-refractivity contribution in [2.45, 2.75) is 4.90 Å².